The molecule has 3 rings (SSSR count). The van der Waals surface area contributed by atoms with Gasteiger partial charge < -0.3 is 20.1 Å². The summed E-state index contributed by atoms with van der Waals surface area (Å²) in [6, 6.07) is 19.3. The van der Waals surface area contributed by atoms with E-state index in [1.807, 2.05) is 30.3 Å². The van der Waals surface area contributed by atoms with E-state index in [2.05, 4.69) is 21.2 Å². The molecule has 0 saturated carbocycles. The normalized spacial score (nSPS) is 10.5. The van der Waals surface area contributed by atoms with Crippen molar-refractivity contribution >= 4 is 29.6 Å². The fraction of sp³-hybridized carbons (Fsp3) is 0.120. The third-order valence-electron chi connectivity index (χ3n) is 4.56. The van der Waals surface area contributed by atoms with E-state index in [0.717, 1.165) is 5.56 Å². The second kappa shape index (κ2) is 12.5. The van der Waals surface area contributed by atoms with Crippen LogP contribution < -0.4 is 25.5 Å². The number of hydrazone groups is 1. The summed E-state index contributed by atoms with van der Waals surface area (Å²) < 4.78 is 23.7. The molecule has 0 aliphatic carbocycles. The largest absolute Gasteiger partial charge is 0.493 e. The van der Waals surface area contributed by atoms with Crippen LogP contribution in [-0.2, 0) is 20.9 Å². The van der Waals surface area contributed by atoms with Crippen LogP contribution in [0.25, 0.3) is 0 Å². The molecule has 0 spiro atoms. The molecule has 0 heterocycles. The maximum Gasteiger partial charge on any atom is 0.329 e. The minimum atomic E-state index is -0.906. The number of amides is 3. The second-order valence-corrected chi connectivity index (χ2v) is 7.12. The minimum Gasteiger partial charge on any atom is -0.493 e. The van der Waals surface area contributed by atoms with E-state index in [4.69, 9.17) is 9.47 Å². The van der Waals surface area contributed by atoms with Crippen LogP contribution in [0.1, 0.15) is 11.1 Å². The maximum absolute atomic E-state index is 13.0. The fourth-order valence-corrected chi connectivity index (χ4v) is 2.83. The van der Waals surface area contributed by atoms with E-state index in [0.29, 0.717) is 22.7 Å². The first kappa shape index (κ1) is 24.9. The van der Waals surface area contributed by atoms with Crippen molar-refractivity contribution in [1.82, 2.24) is 10.7 Å². The Kier molecular flexibility index (Phi) is 8.89. The molecule has 3 N–H and O–H groups in total. The van der Waals surface area contributed by atoms with E-state index >= 15 is 0 Å². The number of nitrogens with zero attached hydrogens (tertiary/aromatic N) is 1. The van der Waals surface area contributed by atoms with Crippen LogP contribution in [0.3, 0.4) is 0 Å². The van der Waals surface area contributed by atoms with Gasteiger partial charge in [0.1, 0.15) is 5.82 Å². The Hall–Kier alpha value is -4.73. The number of rotatable bonds is 9. The Labute approximate surface area is 200 Å². The summed E-state index contributed by atoms with van der Waals surface area (Å²) in [5.74, 6) is -1.92. The molecule has 35 heavy (non-hydrogen) atoms. The standard InChI is InChI=1S/C25H23FN4O5/c1-34-22-13-18(15-28-30-25(33)24(32)27-14-17-5-3-2-4-6-17)7-12-21(22)35-16-23(31)29-20-10-8-19(26)9-11-20/h2-13,15H,14,16H2,1H3,(H,27,32)(H,29,31)(H,30,33)/b28-15-. The summed E-state index contributed by atoms with van der Waals surface area (Å²) in [6.45, 7) is -0.0767. The Morgan fingerprint density at radius 2 is 1.69 bits per heavy atom. The number of carbonyl (C=O) groups excluding carboxylic acids is 3. The number of ether oxygens (including phenoxy) is 2. The Morgan fingerprint density at radius 3 is 2.40 bits per heavy atom. The van der Waals surface area contributed by atoms with Gasteiger partial charge in [-0.1, -0.05) is 30.3 Å². The highest BCUT2D eigenvalue weighted by atomic mass is 19.1. The second-order valence-electron chi connectivity index (χ2n) is 7.12. The molecule has 0 aliphatic heterocycles. The summed E-state index contributed by atoms with van der Waals surface area (Å²) in [6.07, 6.45) is 1.33. The molecule has 3 amide bonds. The molecule has 3 aromatic rings. The molecule has 10 heteroatoms. The van der Waals surface area contributed by atoms with Crippen molar-refractivity contribution in [2.24, 2.45) is 5.10 Å². The van der Waals surface area contributed by atoms with E-state index in [-0.39, 0.29) is 13.2 Å². The van der Waals surface area contributed by atoms with Crippen molar-refractivity contribution in [1.29, 1.82) is 0 Å². The van der Waals surface area contributed by atoms with Gasteiger partial charge in [0.05, 0.1) is 13.3 Å². The van der Waals surface area contributed by atoms with Crippen molar-refractivity contribution in [3.63, 3.8) is 0 Å². The van der Waals surface area contributed by atoms with Gasteiger partial charge in [0.2, 0.25) is 0 Å². The Balaban J connectivity index is 1.48. The lowest BCUT2D eigenvalue weighted by Gasteiger charge is -2.11. The van der Waals surface area contributed by atoms with Gasteiger partial charge in [0.15, 0.2) is 18.1 Å². The van der Waals surface area contributed by atoms with E-state index < -0.39 is 23.5 Å². The van der Waals surface area contributed by atoms with Crippen molar-refractivity contribution in [3.05, 3.63) is 89.7 Å². The zero-order valence-corrected chi connectivity index (χ0v) is 18.8. The molecule has 0 aromatic heterocycles. The molecule has 0 radical (unpaired) electrons. The highest BCUT2D eigenvalue weighted by molar-refractivity contribution is 6.35. The number of hydrogen-bond donors (Lipinski definition) is 3. The summed E-state index contributed by atoms with van der Waals surface area (Å²) in [7, 11) is 1.43. The third kappa shape index (κ3) is 7.97. The van der Waals surface area contributed by atoms with Gasteiger partial charge in [-0.2, -0.15) is 5.10 Å². The molecule has 0 aliphatic rings. The van der Waals surface area contributed by atoms with Crippen LogP contribution in [0, 0.1) is 5.82 Å². The maximum atomic E-state index is 13.0. The number of methoxy groups -OCH3 is 1. The molecule has 0 bridgehead atoms. The quantitative estimate of drug-likeness (QED) is 0.248. The predicted molar refractivity (Wildman–Crippen MR) is 128 cm³/mol. The van der Waals surface area contributed by atoms with Gasteiger partial charge in [-0.15, -0.1) is 0 Å². The zero-order chi connectivity index (χ0) is 25.0. The lowest BCUT2D eigenvalue weighted by Crippen LogP contribution is -2.37. The van der Waals surface area contributed by atoms with Crippen LogP contribution >= 0.6 is 0 Å². The zero-order valence-electron chi connectivity index (χ0n) is 18.8. The molecule has 3 aromatic carbocycles. The Bertz CT molecular complexity index is 1200. The number of carbonyl (C=O) groups is 3. The van der Waals surface area contributed by atoms with Crippen LogP contribution in [0.15, 0.2) is 77.9 Å². The number of nitrogens with one attached hydrogen (secondary N) is 3. The van der Waals surface area contributed by atoms with Crippen LogP contribution in [0.4, 0.5) is 10.1 Å². The van der Waals surface area contributed by atoms with E-state index in [9.17, 15) is 18.8 Å². The molecule has 0 atom stereocenters. The van der Waals surface area contributed by atoms with Crippen LogP contribution in [-0.4, -0.2) is 37.7 Å². The highest BCUT2D eigenvalue weighted by Gasteiger charge is 2.12. The first-order chi connectivity index (χ1) is 16.9. The fourth-order valence-electron chi connectivity index (χ4n) is 2.83. The monoisotopic (exact) mass is 478 g/mol. The first-order valence-electron chi connectivity index (χ1n) is 10.5. The number of benzene rings is 3. The predicted octanol–water partition coefficient (Wildman–Crippen LogP) is 2.62. The SMILES string of the molecule is COc1cc(/C=N\NC(=O)C(=O)NCc2ccccc2)ccc1OCC(=O)Nc1ccc(F)cc1. The van der Waals surface area contributed by atoms with Crippen molar-refractivity contribution in [2.45, 2.75) is 6.54 Å². The summed E-state index contributed by atoms with van der Waals surface area (Å²) >= 11 is 0. The average Bonchev–Trinajstić information content (AvgIpc) is 2.88. The highest BCUT2D eigenvalue weighted by Crippen LogP contribution is 2.27. The molecule has 0 saturated heterocycles. The molecule has 180 valence electrons. The number of halogens is 1. The molecule has 9 nitrogen and oxygen atoms in total. The van der Waals surface area contributed by atoms with Crippen molar-refractivity contribution < 1.29 is 28.2 Å². The van der Waals surface area contributed by atoms with Gasteiger partial charge in [-0.3, -0.25) is 14.4 Å². The molecular formula is C25H23FN4O5. The van der Waals surface area contributed by atoms with E-state index in [1.54, 1.807) is 18.2 Å². The third-order valence-corrected chi connectivity index (χ3v) is 4.56. The molecule has 0 unspecified atom stereocenters. The van der Waals surface area contributed by atoms with Crippen molar-refractivity contribution in [2.75, 3.05) is 19.0 Å². The summed E-state index contributed by atoms with van der Waals surface area (Å²) in [5, 5.41) is 8.87. The lowest BCUT2D eigenvalue weighted by atomic mass is 10.2. The topological polar surface area (TPSA) is 118 Å². The van der Waals surface area contributed by atoms with E-state index in [1.165, 1.54) is 37.6 Å². The smallest absolute Gasteiger partial charge is 0.329 e. The van der Waals surface area contributed by atoms with Crippen LogP contribution in [0.5, 0.6) is 11.5 Å². The number of anilines is 1. The summed E-state index contributed by atoms with van der Waals surface area (Å²) in [5.41, 5.74) is 4.01. The Morgan fingerprint density at radius 1 is 0.943 bits per heavy atom. The first-order valence-corrected chi connectivity index (χ1v) is 10.5. The van der Waals surface area contributed by atoms with Gasteiger partial charge in [0.25, 0.3) is 5.91 Å². The minimum absolute atomic E-state index is 0.220. The van der Waals surface area contributed by atoms with Gasteiger partial charge >= 0.3 is 11.8 Å². The summed E-state index contributed by atoms with van der Waals surface area (Å²) in [4.78, 5) is 35.8. The lowest BCUT2D eigenvalue weighted by molar-refractivity contribution is -0.139. The van der Waals surface area contributed by atoms with Gasteiger partial charge in [-0.05, 0) is 53.6 Å². The van der Waals surface area contributed by atoms with Crippen molar-refractivity contribution in [3.8, 4) is 11.5 Å². The molecular weight excluding hydrogens is 455 g/mol. The van der Waals surface area contributed by atoms with Gasteiger partial charge in [0, 0.05) is 12.2 Å². The van der Waals surface area contributed by atoms with Gasteiger partial charge in [-0.25, -0.2) is 9.82 Å². The molecule has 0 fully saturated rings. The van der Waals surface area contributed by atoms with Crippen LogP contribution in [0.2, 0.25) is 0 Å². The average molecular weight is 478 g/mol. The number of hydrogen-bond acceptors (Lipinski definition) is 6.